The molecule has 0 saturated carbocycles. The average molecular weight is 461 g/mol. The van der Waals surface area contributed by atoms with E-state index in [-0.39, 0.29) is 19.1 Å². The van der Waals surface area contributed by atoms with Gasteiger partial charge in [0.05, 0.1) is 7.11 Å². The maximum absolute atomic E-state index is 11.3. The highest BCUT2D eigenvalue weighted by Crippen LogP contribution is 2.24. The largest absolute Gasteiger partial charge is 0.480 e. The molecule has 0 atom stereocenters. The number of aliphatic carboxylic acids is 1. The Kier molecular flexibility index (Phi) is 6.93. The van der Waals surface area contributed by atoms with Gasteiger partial charge in [0.2, 0.25) is 0 Å². The standard InChI is InChI=1S/C12H12ClNO2.C11H10ClNO2/c1-8-5-9-6-10(13)3-4-11(9)14(8)7-12(15)16-2;1-7-4-8-5-9(12)2-3-10(8)13(7)6-11(14)15/h3-6H,7H2,1-2H3;2-5H,6H2,1H3,(H,14,15). The van der Waals surface area contributed by atoms with Crippen molar-refractivity contribution in [1.29, 1.82) is 0 Å². The number of carboxylic acids is 1. The Bertz CT molecular complexity index is 1270. The quantitative estimate of drug-likeness (QED) is 0.410. The molecule has 0 saturated heterocycles. The second-order valence-electron chi connectivity index (χ2n) is 7.12. The molecular weight excluding hydrogens is 439 g/mol. The molecule has 31 heavy (non-hydrogen) atoms. The van der Waals surface area contributed by atoms with Crippen molar-refractivity contribution in [2.24, 2.45) is 0 Å². The zero-order valence-electron chi connectivity index (χ0n) is 17.4. The van der Waals surface area contributed by atoms with Crippen molar-refractivity contribution in [3.8, 4) is 0 Å². The maximum atomic E-state index is 11.3. The predicted molar refractivity (Wildman–Crippen MR) is 123 cm³/mol. The van der Waals surface area contributed by atoms with Gasteiger partial charge in [-0.25, -0.2) is 0 Å². The summed E-state index contributed by atoms with van der Waals surface area (Å²) in [6, 6.07) is 15.0. The number of esters is 1. The molecule has 162 valence electrons. The summed E-state index contributed by atoms with van der Waals surface area (Å²) in [6.45, 7) is 4.05. The van der Waals surface area contributed by atoms with E-state index in [0.717, 1.165) is 33.2 Å². The minimum Gasteiger partial charge on any atom is -0.480 e. The molecule has 0 radical (unpaired) electrons. The summed E-state index contributed by atoms with van der Waals surface area (Å²) in [5.74, 6) is -1.10. The van der Waals surface area contributed by atoms with Crippen LogP contribution in [0, 0.1) is 13.8 Å². The second-order valence-corrected chi connectivity index (χ2v) is 7.99. The van der Waals surface area contributed by atoms with Crippen LogP contribution in [0.4, 0.5) is 0 Å². The molecule has 6 nitrogen and oxygen atoms in total. The molecule has 0 amide bonds. The van der Waals surface area contributed by atoms with Gasteiger partial charge in [0, 0.05) is 43.2 Å². The van der Waals surface area contributed by atoms with E-state index < -0.39 is 5.97 Å². The van der Waals surface area contributed by atoms with Crippen LogP contribution in [0.5, 0.6) is 0 Å². The zero-order valence-corrected chi connectivity index (χ0v) is 18.9. The van der Waals surface area contributed by atoms with Gasteiger partial charge >= 0.3 is 11.9 Å². The summed E-state index contributed by atoms with van der Waals surface area (Å²) in [7, 11) is 1.39. The fourth-order valence-corrected chi connectivity index (χ4v) is 3.87. The number of halogens is 2. The second kappa shape index (κ2) is 9.45. The molecule has 4 aromatic rings. The highest BCUT2D eigenvalue weighted by atomic mass is 35.5. The summed E-state index contributed by atoms with van der Waals surface area (Å²) in [5, 5.41) is 12.1. The number of aromatic nitrogens is 2. The van der Waals surface area contributed by atoms with Gasteiger partial charge in [-0.2, -0.15) is 0 Å². The summed E-state index contributed by atoms with van der Waals surface area (Å²) in [6.07, 6.45) is 0. The number of methoxy groups -OCH3 is 1. The number of hydrogen-bond acceptors (Lipinski definition) is 3. The third-order valence-electron chi connectivity index (χ3n) is 4.95. The lowest BCUT2D eigenvalue weighted by atomic mass is 10.2. The Morgan fingerprint density at radius 1 is 0.839 bits per heavy atom. The van der Waals surface area contributed by atoms with E-state index in [4.69, 9.17) is 28.3 Å². The first kappa shape index (κ1) is 22.7. The Morgan fingerprint density at radius 2 is 1.29 bits per heavy atom. The Balaban J connectivity index is 0.000000176. The number of aryl methyl sites for hydroxylation is 2. The number of fused-ring (bicyclic) bond motifs is 2. The van der Waals surface area contributed by atoms with Crippen molar-refractivity contribution >= 4 is 56.9 Å². The summed E-state index contributed by atoms with van der Waals surface area (Å²) in [4.78, 5) is 22.0. The monoisotopic (exact) mass is 460 g/mol. The minimum absolute atomic E-state index is 0.0169. The first-order valence-electron chi connectivity index (χ1n) is 9.49. The third-order valence-corrected chi connectivity index (χ3v) is 5.42. The zero-order chi connectivity index (χ0) is 22.7. The van der Waals surface area contributed by atoms with Gasteiger partial charge < -0.3 is 19.0 Å². The highest BCUT2D eigenvalue weighted by molar-refractivity contribution is 6.31. The Morgan fingerprint density at radius 3 is 1.71 bits per heavy atom. The van der Waals surface area contributed by atoms with Crippen LogP contribution in [-0.2, 0) is 27.4 Å². The van der Waals surface area contributed by atoms with E-state index in [2.05, 4.69) is 4.74 Å². The van der Waals surface area contributed by atoms with E-state index >= 15 is 0 Å². The smallest absolute Gasteiger partial charge is 0.325 e. The lowest BCUT2D eigenvalue weighted by molar-refractivity contribution is -0.141. The van der Waals surface area contributed by atoms with Crippen LogP contribution in [0.2, 0.25) is 10.0 Å². The predicted octanol–water partition coefficient (Wildman–Crippen LogP) is 5.46. The maximum Gasteiger partial charge on any atom is 0.325 e. The molecule has 1 N–H and O–H groups in total. The molecule has 4 rings (SSSR count). The number of carbonyl (C=O) groups is 2. The number of rotatable bonds is 4. The molecule has 2 heterocycles. The normalized spacial score (nSPS) is 10.7. The van der Waals surface area contributed by atoms with Gasteiger partial charge in [-0.3, -0.25) is 9.59 Å². The van der Waals surface area contributed by atoms with Crippen molar-refractivity contribution in [1.82, 2.24) is 9.13 Å². The number of benzene rings is 2. The molecule has 0 aliphatic carbocycles. The van der Waals surface area contributed by atoms with Gasteiger partial charge in [0.15, 0.2) is 0 Å². The van der Waals surface area contributed by atoms with Crippen LogP contribution in [0.1, 0.15) is 11.4 Å². The van der Waals surface area contributed by atoms with Crippen LogP contribution < -0.4 is 0 Å². The van der Waals surface area contributed by atoms with E-state index in [1.54, 1.807) is 10.6 Å². The fraction of sp³-hybridized carbons (Fsp3) is 0.217. The summed E-state index contributed by atoms with van der Waals surface area (Å²) >= 11 is 11.8. The SMILES string of the molecule is COC(=O)Cn1c(C)cc2cc(Cl)ccc21.Cc1cc2cc(Cl)ccc2n1CC(=O)O. The number of hydrogen-bond donors (Lipinski definition) is 1. The fourth-order valence-electron chi connectivity index (χ4n) is 3.51. The number of carboxylic acid groups (broad SMARTS) is 1. The topological polar surface area (TPSA) is 73.5 Å². The first-order chi connectivity index (χ1) is 14.7. The van der Waals surface area contributed by atoms with E-state index in [1.807, 2.05) is 60.9 Å². The molecule has 0 spiro atoms. The van der Waals surface area contributed by atoms with Gasteiger partial charge in [-0.05, 0) is 62.4 Å². The average Bonchev–Trinajstić information content (AvgIpc) is 3.17. The van der Waals surface area contributed by atoms with Crippen molar-refractivity contribution < 1.29 is 19.4 Å². The molecule has 0 unspecified atom stereocenters. The van der Waals surface area contributed by atoms with Crippen LogP contribution in [-0.4, -0.2) is 33.3 Å². The summed E-state index contributed by atoms with van der Waals surface area (Å²) in [5.41, 5.74) is 3.84. The van der Waals surface area contributed by atoms with Crippen LogP contribution in [0.25, 0.3) is 21.8 Å². The summed E-state index contributed by atoms with van der Waals surface area (Å²) < 4.78 is 8.34. The van der Waals surface area contributed by atoms with Gasteiger partial charge in [0.1, 0.15) is 13.1 Å². The van der Waals surface area contributed by atoms with E-state index in [9.17, 15) is 9.59 Å². The lowest BCUT2D eigenvalue weighted by Crippen LogP contribution is -2.12. The van der Waals surface area contributed by atoms with Crippen molar-refractivity contribution in [2.45, 2.75) is 26.9 Å². The molecule has 0 aliphatic heterocycles. The van der Waals surface area contributed by atoms with Crippen molar-refractivity contribution in [2.75, 3.05) is 7.11 Å². The minimum atomic E-state index is -0.842. The molecule has 2 aromatic heterocycles. The van der Waals surface area contributed by atoms with Crippen molar-refractivity contribution in [3.05, 3.63) is 70.0 Å². The van der Waals surface area contributed by atoms with Crippen LogP contribution in [0.3, 0.4) is 0 Å². The van der Waals surface area contributed by atoms with Crippen LogP contribution >= 0.6 is 23.2 Å². The molecule has 0 aliphatic rings. The lowest BCUT2D eigenvalue weighted by Gasteiger charge is -2.06. The number of nitrogens with zero attached hydrogens (tertiary/aromatic N) is 2. The molecular formula is C23H22Cl2N2O4. The van der Waals surface area contributed by atoms with Gasteiger partial charge in [-0.15, -0.1) is 0 Å². The highest BCUT2D eigenvalue weighted by Gasteiger charge is 2.10. The van der Waals surface area contributed by atoms with Gasteiger partial charge in [-0.1, -0.05) is 23.2 Å². The Labute approximate surface area is 189 Å². The molecule has 0 fully saturated rings. The molecule has 0 bridgehead atoms. The van der Waals surface area contributed by atoms with Crippen molar-refractivity contribution in [3.63, 3.8) is 0 Å². The molecule has 2 aromatic carbocycles. The molecule has 8 heteroatoms. The number of carbonyl (C=O) groups excluding carboxylic acids is 1. The Hall–Kier alpha value is -2.96. The number of ether oxygens (including phenoxy) is 1. The van der Waals surface area contributed by atoms with E-state index in [0.29, 0.717) is 10.0 Å². The third kappa shape index (κ3) is 5.21. The van der Waals surface area contributed by atoms with Crippen LogP contribution in [0.15, 0.2) is 48.5 Å². The first-order valence-corrected chi connectivity index (χ1v) is 10.2. The van der Waals surface area contributed by atoms with E-state index in [1.165, 1.54) is 7.11 Å². The van der Waals surface area contributed by atoms with Gasteiger partial charge in [0.25, 0.3) is 0 Å².